The van der Waals surface area contributed by atoms with Gasteiger partial charge in [0.05, 0.1) is 26.4 Å². The molecular weight excluding hydrogens is 601 g/mol. The number of alkyl halides is 1. The van der Waals surface area contributed by atoms with Crippen LogP contribution in [0.15, 0.2) is 11.9 Å². The maximum Gasteiger partial charge on any atom is 0.410 e. The van der Waals surface area contributed by atoms with Gasteiger partial charge in [0.1, 0.15) is 17.5 Å². The highest BCUT2D eigenvalue weighted by Gasteiger charge is 2.42. The molecule has 0 aliphatic carbocycles. The molecule has 0 rings (SSSR count). The van der Waals surface area contributed by atoms with Gasteiger partial charge in [0, 0.05) is 20.6 Å². The van der Waals surface area contributed by atoms with Gasteiger partial charge in [0.2, 0.25) is 5.83 Å². The standard InChI is InChI=1S/C10H16FNO4.C8H16FO5P.C8H15NO3/c1-10(2,3)16-9(15)12(4)6-5-7(11)8(13)14;1-4-12-8(10)7(9)15(11,13-5-2)14-6-3;1-8(2,3)12-7(11)9(4)5-6-10/h5H,6H2,1-4H3,(H,13,14);7H,4-6H2,1-3H3;6H,5H2,1-4H3/b7-5+;;. The fourth-order valence-corrected chi connectivity index (χ4v) is 3.50. The smallest absolute Gasteiger partial charge is 0.410 e. The Morgan fingerprint density at radius 3 is 1.53 bits per heavy atom. The third kappa shape index (κ3) is 23.1. The molecule has 252 valence electrons. The van der Waals surface area contributed by atoms with E-state index in [1.807, 2.05) is 0 Å². The summed E-state index contributed by atoms with van der Waals surface area (Å²) in [4.78, 5) is 55.9. The van der Waals surface area contributed by atoms with E-state index in [1.165, 1.54) is 39.8 Å². The van der Waals surface area contributed by atoms with Crippen molar-refractivity contribution < 1.29 is 65.7 Å². The van der Waals surface area contributed by atoms with E-state index in [0.717, 1.165) is 11.0 Å². The van der Waals surface area contributed by atoms with Gasteiger partial charge in [-0.05, 0) is 68.4 Å². The highest BCUT2D eigenvalue weighted by Crippen LogP contribution is 2.54. The molecule has 2 amide bonds. The Balaban J connectivity index is -0.000000564. The number of carboxylic acid groups (broad SMARTS) is 1. The van der Waals surface area contributed by atoms with Crippen LogP contribution in [0.2, 0.25) is 0 Å². The molecule has 1 atom stereocenters. The van der Waals surface area contributed by atoms with E-state index in [0.29, 0.717) is 6.29 Å². The van der Waals surface area contributed by atoms with Crippen LogP contribution in [0.1, 0.15) is 62.3 Å². The van der Waals surface area contributed by atoms with Crippen molar-refractivity contribution in [1.29, 1.82) is 0 Å². The molecule has 1 unspecified atom stereocenters. The first-order valence-corrected chi connectivity index (χ1v) is 14.7. The fourth-order valence-electron chi connectivity index (χ4n) is 2.11. The zero-order valence-corrected chi connectivity index (χ0v) is 27.7. The number of amides is 2. The number of aliphatic carboxylic acids is 1. The molecule has 43 heavy (non-hydrogen) atoms. The molecule has 0 aliphatic heterocycles. The van der Waals surface area contributed by atoms with Gasteiger partial charge in [-0.1, -0.05) is 0 Å². The number of hydrogen-bond donors (Lipinski definition) is 1. The number of likely N-dealkylation sites (N-methyl/N-ethyl adjacent to an activating group) is 2. The van der Waals surface area contributed by atoms with Crippen molar-refractivity contribution >= 4 is 38.0 Å². The van der Waals surface area contributed by atoms with Crippen LogP contribution in [-0.2, 0) is 42.2 Å². The van der Waals surface area contributed by atoms with Gasteiger partial charge in [-0.3, -0.25) is 4.57 Å². The van der Waals surface area contributed by atoms with Gasteiger partial charge in [-0.25, -0.2) is 23.6 Å². The Morgan fingerprint density at radius 2 is 1.23 bits per heavy atom. The van der Waals surface area contributed by atoms with E-state index in [4.69, 9.17) is 14.6 Å². The summed E-state index contributed by atoms with van der Waals surface area (Å²) in [6.07, 6.45) is 0.340. The van der Waals surface area contributed by atoms with Gasteiger partial charge in [-0.2, -0.15) is 4.39 Å². The van der Waals surface area contributed by atoms with Crippen molar-refractivity contribution in [1.82, 2.24) is 9.80 Å². The van der Waals surface area contributed by atoms with Gasteiger partial charge < -0.3 is 43.0 Å². The lowest BCUT2D eigenvalue weighted by Gasteiger charge is -2.23. The second-order valence-corrected chi connectivity index (χ2v) is 12.3. The minimum Gasteiger partial charge on any atom is -0.476 e. The number of hydrogen-bond acceptors (Lipinski definition) is 11. The van der Waals surface area contributed by atoms with E-state index in [2.05, 4.69) is 13.8 Å². The van der Waals surface area contributed by atoms with E-state index in [-0.39, 0.29) is 32.9 Å². The maximum absolute atomic E-state index is 13.4. The molecule has 0 aromatic carbocycles. The summed E-state index contributed by atoms with van der Waals surface area (Å²) in [6, 6.07) is 0. The van der Waals surface area contributed by atoms with Crippen molar-refractivity contribution in [2.75, 3.05) is 47.0 Å². The van der Waals surface area contributed by atoms with Crippen LogP contribution in [0.5, 0.6) is 0 Å². The first-order valence-electron chi connectivity index (χ1n) is 13.1. The summed E-state index contributed by atoms with van der Waals surface area (Å²) in [5.41, 5.74) is -1.14. The van der Waals surface area contributed by atoms with E-state index >= 15 is 0 Å². The predicted octanol–water partition coefficient (Wildman–Crippen LogP) is 4.95. The molecule has 0 aromatic heterocycles. The molecule has 0 bridgehead atoms. The third-order valence-electron chi connectivity index (χ3n) is 3.88. The van der Waals surface area contributed by atoms with E-state index < -0.39 is 54.7 Å². The van der Waals surface area contributed by atoms with Crippen molar-refractivity contribution in [3.05, 3.63) is 11.9 Å². The first-order chi connectivity index (χ1) is 19.5. The average molecular weight is 649 g/mol. The molecule has 0 spiro atoms. The van der Waals surface area contributed by atoms with E-state index in [1.54, 1.807) is 41.5 Å². The molecule has 14 nitrogen and oxygen atoms in total. The van der Waals surface area contributed by atoms with Crippen LogP contribution in [0.4, 0.5) is 18.4 Å². The summed E-state index contributed by atoms with van der Waals surface area (Å²) >= 11 is 0. The number of aldehydes is 1. The summed E-state index contributed by atoms with van der Waals surface area (Å²) in [6.45, 7) is 14.9. The number of carbonyl (C=O) groups is 5. The minimum atomic E-state index is -4.04. The quantitative estimate of drug-likeness (QED) is 0.0992. The summed E-state index contributed by atoms with van der Waals surface area (Å²) < 4.78 is 61.4. The molecule has 0 fully saturated rings. The maximum atomic E-state index is 13.4. The molecule has 17 heteroatoms. The van der Waals surface area contributed by atoms with Crippen molar-refractivity contribution in [3.8, 4) is 0 Å². The molecule has 0 saturated heterocycles. The highest BCUT2D eigenvalue weighted by molar-refractivity contribution is 7.55. The minimum absolute atomic E-state index is 0.00287. The zero-order chi connectivity index (χ0) is 34.6. The predicted molar refractivity (Wildman–Crippen MR) is 153 cm³/mol. The molecule has 0 saturated carbocycles. The summed E-state index contributed by atoms with van der Waals surface area (Å²) in [7, 11) is -1.13. The summed E-state index contributed by atoms with van der Waals surface area (Å²) in [5.74, 6) is -6.55. The lowest BCUT2D eigenvalue weighted by molar-refractivity contribution is -0.146. The highest BCUT2D eigenvalue weighted by atomic mass is 31.2. The number of ether oxygens (including phenoxy) is 3. The fraction of sp³-hybridized carbons (Fsp3) is 0.731. The van der Waals surface area contributed by atoms with Crippen LogP contribution >= 0.6 is 7.60 Å². The third-order valence-corrected chi connectivity index (χ3v) is 5.89. The Bertz CT molecular complexity index is 955. The molecule has 0 aliphatic rings. The number of esters is 1. The number of halogens is 2. The molecule has 1 N–H and O–H groups in total. The van der Waals surface area contributed by atoms with Crippen molar-refractivity contribution in [2.24, 2.45) is 0 Å². The van der Waals surface area contributed by atoms with E-state index in [9.17, 15) is 37.3 Å². The van der Waals surface area contributed by atoms with Crippen molar-refractivity contribution in [3.63, 3.8) is 0 Å². The van der Waals surface area contributed by atoms with Crippen LogP contribution in [0, 0.1) is 0 Å². The second kappa shape index (κ2) is 21.6. The topological polar surface area (TPSA) is 175 Å². The molecular formula is C26H47F2N2O12P. The van der Waals surface area contributed by atoms with Crippen molar-refractivity contribution in [2.45, 2.75) is 79.4 Å². The normalized spacial score (nSPS) is 12.3. The summed E-state index contributed by atoms with van der Waals surface area (Å²) in [5, 5.41) is 8.24. The number of rotatable bonds is 12. The van der Waals surface area contributed by atoms with Gasteiger partial charge in [0.15, 0.2) is 0 Å². The second-order valence-electron chi connectivity index (χ2n) is 10.2. The first kappa shape index (κ1) is 44.3. The van der Waals surface area contributed by atoms with Gasteiger partial charge >= 0.3 is 31.7 Å². The van der Waals surface area contributed by atoms with Gasteiger partial charge in [-0.15, -0.1) is 0 Å². The van der Waals surface area contributed by atoms with Crippen LogP contribution in [0.3, 0.4) is 0 Å². The molecule has 0 radical (unpaired) electrons. The number of carbonyl (C=O) groups excluding carboxylic acids is 4. The largest absolute Gasteiger partial charge is 0.476 e. The lowest BCUT2D eigenvalue weighted by Crippen LogP contribution is -2.35. The Morgan fingerprint density at radius 1 is 0.837 bits per heavy atom. The van der Waals surface area contributed by atoms with Crippen LogP contribution in [-0.4, -0.2) is 109 Å². The number of carboxylic acids is 1. The Hall–Kier alpha value is -3.10. The SMILES string of the molecule is CCOC(=O)C(F)P(=O)(OCC)OCC.CN(C/C=C(/F)C(=O)O)C(=O)OC(C)(C)C.CN(CC=O)C(=O)OC(C)(C)C. The Kier molecular flexibility index (Phi) is 22.2. The van der Waals surface area contributed by atoms with Crippen LogP contribution in [0.25, 0.3) is 0 Å². The lowest BCUT2D eigenvalue weighted by atomic mass is 10.2. The zero-order valence-electron chi connectivity index (χ0n) is 26.8. The molecule has 0 heterocycles. The molecule has 0 aromatic rings. The number of nitrogens with zero attached hydrogens (tertiary/aromatic N) is 2. The van der Waals surface area contributed by atoms with Crippen LogP contribution < -0.4 is 0 Å². The average Bonchev–Trinajstić information content (AvgIpc) is 2.85. The van der Waals surface area contributed by atoms with Gasteiger partial charge in [0.25, 0.3) is 5.91 Å². The Labute approximate surface area is 252 Å². The monoisotopic (exact) mass is 648 g/mol.